The standard InChI is InChI=1S/C19H27N3O2S/c1-14(2)16(22-9-11-24-12-10-22)13-20-18(23)7-8-19-21-15-5-3-4-6-17(15)25-19/h3-6,14,16H,7-13H2,1-2H3,(H,20,23)/t16-/m0/s1. The van der Waals surface area contributed by atoms with E-state index in [1.807, 2.05) is 18.2 Å². The lowest BCUT2D eigenvalue weighted by Gasteiger charge is -2.36. The summed E-state index contributed by atoms with van der Waals surface area (Å²) in [5.41, 5.74) is 1.02. The van der Waals surface area contributed by atoms with Crippen molar-refractivity contribution in [2.24, 2.45) is 5.92 Å². The van der Waals surface area contributed by atoms with Crippen LogP contribution in [0.4, 0.5) is 0 Å². The van der Waals surface area contributed by atoms with Crippen molar-refractivity contribution in [2.75, 3.05) is 32.8 Å². The van der Waals surface area contributed by atoms with Gasteiger partial charge in [0, 0.05) is 38.5 Å². The SMILES string of the molecule is CC(C)[C@H](CNC(=O)CCc1nc2ccccc2s1)N1CCOCC1. The Hall–Kier alpha value is -1.50. The average Bonchev–Trinajstić information content (AvgIpc) is 3.04. The number of aromatic nitrogens is 1. The Bertz CT molecular complexity index is 662. The fraction of sp³-hybridized carbons (Fsp3) is 0.579. The maximum Gasteiger partial charge on any atom is 0.220 e. The number of aryl methyl sites for hydroxylation is 1. The monoisotopic (exact) mass is 361 g/mol. The molecule has 1 aliphatic heterocycles. The number of fused-ring (bicyclic) bond motifs is 1. The molecule has 0 bridgehead atoms. The van der Waals surface area contributed by atoms with E-state index in [1.165, 1.54) is 4.70 Å². The van der Waals surface area contributed by atoms with Crippen molar-refractivity contribution in [3.05, 3.63) is 29.3 Å². The van der Waals surface area contributed by atoms with Gasteiger partial charge in [-0.05, 0) is 18.1 Å². The van der Waals surface area contributed by atoms with Gasteiger partial charge in [-0.25, -0.2) is 4.98 Å². The summed E-state index contributed by atoms with van der Waals surface area (Å²) in [6, 6.07) is 8.48. The normalized spacial score (nSPS) is 17.1. The minimum absolute atomic E-state index is 0.109. The van der Waals surface area contributed by atoms with E-state index in [4.69, 9.17) is 4.74 Å². The molecule has 136 valence electrons. The molecule has 1 saturated heterocycles. The average molecular weight is 362 g/mol. The predicted octanol–water partition coefficient (Wildman–Crippen LogP) is 2.70. The van der Waals surface area contributed by atoms with Gasteiger partial charge in [-0.15, -0.1) is 11.3 Å². The number of benzene rings is 1. The number of carbonyl (C=O) groups excluding carboxylic acids is 1. The summed E-state index contributed by atoms with van der Waals surface area (Å²) in [7, 11) is 0. The summed E-state index contributed by atoms with van der Waals surface area (Å²) in [6.45, 7) is 8.61. The minimum Gasteiger partial charge on any atom is -0.379 e. The molecule has 2 heterocycles. The third kappa shape index (κ3) is 5.00. The van der Waals surface area contributed by atoms with Gasteiger partial charge in [0.1, 0.15) is 0 Å². The molecule has 25 heavy (non-hydrogen) atoms. The number of ether oxygens (including phenoxy) is 1. The molecule has 0 unspecified atom stereocenters. The van der Waals surface area contributed by atoms with E-state index in [1.54, 1.807) is 11.3 Å². The third-order valence-electron chi connectivity index (χ3n) is 4.70. The Labute approximate surface area is 153 Å². The second kappa shape index (κ2) is 8.74. The molecule has 1 amide bonds. The van der Waals surface area contributed by atoms with Crippen molar-refractivity contribution in [1.29, 1.82) is 0 Å². The van der Waals surface area contributed by atoms with Crippen LogP contribution in [0.25, 0.3) is 10.2 Å². The molecular weight excluding hydrogens is 334 g/mol. The number of hydrogen-bond acceptors (Lipinski definition) is 5. The summed E-state index contributed by atoms with van der Waals surface area (Å²) in [5, 5.41) is 4.15. The van der Waals surface area contributed by atoms with Gasteiger partial charge < -0.3 is 10.1 Å². The molecule has 0 spiro atoms. The van der Waals surface area contributed by atoms with Crippen LogP contribution in [0.2, 0.25) is 0 Å². The van der Waals surface area contributed by atoms with Gasteiger partial charge >= 0.3 is 0 Å². The number of morpholine rings is 1. The summed E-state index contributed by atoms with van der Waals surface area (Å²) < 4.78 is 6.62. The van der Waals surface area contributed by atoms with Gasteiger partial charge in [0.15, 0.2) is 0 Å². The molecular formula is C19H27N3O2S. The van der Waals surface area contributed by atoms with Crippen LogP contribution in [0.3, 0.4) is 0 Å². The fourth-order valence-corrected chi connectivity index (χ4v) is 4.22. The van der Waals surface area contributed by atoms with Gasteiger partial charge in [0.05, 0.1) is 28.4 Å². The first-order valence-electron chi connectivity index (χ1n) is 9.06. The Balaban J connectivity index is 1.47. The first-order chi connectivity index (χ1) is 12.1. The van der Waals surface area contributed by atoms with Crippen molar-refractivity contribution < 1.29 is 9.53 Å². The van der Waals surface area contributed by atoms with E-state index < -0.39 is 0 Å². The van der Waals surface area contributed by atoms with Gasteiger partial charge in [-0.1, -0.05) is 26.0 Å². The molecule has 1 aliphatic rings. The molecule has 3 rings (SSSR count). The Kier molecular flexibility index (Phi) is 6.39. The lowest BCUT2D eigenvalue weighted by Crippen LogP contribution is -2.51. The molecule has 1 aromatic carbocycles. The molecule has 0 saturated carbocycles. The zero-order chi connectivity index (χ0) is 17.6. The highest BCUT2D eigenvalue weighted by Crippen LogP contribution is 2.22. The summed E-state index contributed by atoms with van der Waals surface area (Å²) in [5.74, 6) is 0.612. The number of rotatable bonds is 7. The zero-order valence-corrected chi connectivity index (χ0v) is 15.8. The number of nitrogens with one attached hydrogen (secondary N) is 1. The lowest BCUT2D eigenvalue weighted by atomic mass is 10.0. The second-order valence-electron chi connectivity index (χ2n) is 6.84. The van der Waals surface area contributed by atoms with Crippen LogP contribution in [0.15, 0.2) is 24.3 Å². The van der Waals surface area contributed by atoms with E-state index in [0.717, 1.165) is 36.8 Å². The van der Waals surface area contributed by atoms with Crippen LogP contribution in [-0.2, 0) is 16.0 Å². The summed E-state index contributed by atoms with van der Waals surface area (Å²) in [4.78, 5) is 19.3. The first kappa shape index (κ1) is 18.3. The first-order valence-corrected chi connectivity index (χ1v) is 9.88. The Morgan fingerprint density at radius 2 is 2.08 bits per heavy atom. The van der Waals surface area contributed by atoms with Crippen LogP contribution < -0.4 is 5.32 Å². The number of para-hydroxylation sites is 1. The van der Waals surface area contributed by atoms with Crippen LogP contribution in [0, 0.1) is 5.92 Å². The number of thiazole rings is 1. The van der Waals surface area contributed by atoms with Crippen molar-refractivity contribution in [2.45, 2.75) is 32.7 Å². The number of nitrogens with zero attached hydrogens (tertiary/aromatic N) is 2. The van der Waals surface area contributed by atoms with Crippen molar-refractivity contribution in [1.82, 2.24) is 15.2 Å². The molecule has 0 aliphatic carbocycles. The van der Waals surface area contributed by atoms with E-state index in [-0.39, 0.29) is 5.91 Å². The lowest BCUT2D eigenvalue weighted by molar-refractivity contribution is -0.121. The number of amides is 1. The highest BCUT2D eigenvalue weighted by atomic mass is 32.1. The molecule has 0 radical (unpaired) electrons. The van der Waals surface area contributed by atoms with Gasteiger partial charge in [0.25, 0.3) is 0 Å². The van der Waals surface area contributed by atoms with E-state index in [2.05, 4.69) is 35.1 Å². The number of carbonyl (C=O) groups is 1. The number of hydrogen-bond donors (Lipinski definition) is 1. The van der Waals surface area contributed by atoms with Gasteiger partial charge in [0.2, 0.25) is 5.91 Å². The predicted molar refractivity (Wildman–Crippen MR) is 102 cm³/mol. The highest BCUT2D eigenvalue weighted by Gasteiger charge is 2.24. The van der Waals surface area contributed by atoms with Gasteiger partial charge in [-0.3, -0.25) is 9.69 Å². The molecule has 1 atom stereocenters. The quantitative estimate of drug-likeness (QED) is 0.824. The van der Waals surface area contributed by atoms with Crippen LogP contribution in [-0.4, -0.2) is 54.7 Å². The van der Waals surface area contributed by atoms with E-state index in [9.17, 15) is 4.79 Å². The van der Waals surface area contributed by atoms with E-state index in [0.29, 0.717) is 31.3 Å². The topological polar surface area (TPSA) is 54.5 Å². The van der Waals surface area contributed by atoms with Crippen molar-refractivity contribution in [3.63, 3.8) is 0 Å². The van der Waals surface area contributed by atoms with Crippen LogP contribution >= 0.6 is 11.3 Å². The molecule has 5 nitrogen and oxygen atoms in total. The minimum atomic E-state index is 0.109. The summed E-state index contributed by atoms with van der Waals surface area (Å²) in [6.07, 6.45) is 1.20. The molecule has 6 heteroatoms. The Morgan fingerprint density at radius 3 is 2.80 bits per heavy atom. The van der Waals surface area contributed by atoms with Gasteiger partial charge in [-0.2, -0.15) is 0 Å². The largest absolute Gasteiger partial charge is 0.379 e. The maximum absolute atomic E-state index is 12.3. The Morgan fingerprint density at radius 1 is 1.32 bits per heavy atom. The zero-order valence-electron chi connectivity index (χ0n) is 15.0. The van der Waals surface area contributed by atoms with E-state index >= 15 is 0 Å². The smallest absolute Gasteiger partial charge is 0.220 e. The summed E-state index contributed by atoms with van der Waals surface area (Å²) >= 11 is 1.68. The molecule has 1 aromatic heterocycles. The highest BCUT2D eigenvalue weighted by molar-refractivity contribution is 7.18. The fourth-order valence-electron chi connectivity index (χ4n) is 3.25. The third-order valence-corrected chi connectivity index (χ3v) is 5.79. The molecule has 1 N–H and O–H groups in total. The van der Waals surface area contributed by atoms with Crippen LogP contribution in [0.5, 0.6) is 0 Å². The second-order valence-corrected chi connectivity index (χ2v) is 7.95. The van der Waals surface area contributed by atoms with Crippen LogP contribution in [0.1, 0.15) is 25.3 Å². The van der Waals surface area contributed by atoms with Crippen molar-refractivity contribution >= 4 is 27.5 Å². The molecule has 1 fully saturated rings. The molecule has 2 aromatic rings. The van der Waals surface area contributed by atoms with Crippen molar-refractivity contribution in [3.8, 4) is 0 Å². The maximum atomic E-state index is 12.3.